The summed E-state index contributed by atoms with van der Waals surface area (Å²) in [6.07, 6.45) is 13.6. The van der Waals surface area contributed by atoms with Gasteiger partial charge in [-0.25, -0.2) is 0 Å². The summed E-state index contributed by atoms with van der Waals surface area (Å²) in [7, 11) is 0. The number of benzene rings is 2. The Morgan fingerprint density at radius 1 is 1.05 bits per heavy atom. The van der Waals surface area contributed by atoms with Crippen molar-refractivity contribution in [2.45, 2.75) is 58.3 Å². The number of nitrogens with one attached hydrogen (secondary N) is 1. The van der Waals surface area contributed by atoms with Crippen LogP contribution >= 0.6 is 0 Å². The zero-order valence-electron chi connectivity index (χ0n) is 23.9. The molecule has 1 aliphatic heterocycles. The molecule has 40 heavy (non-hydrogen) atoms. The number of unbranched alkanes of at least 4 members (excludes halogenated alkanes) is 1. The third-order valence-corrected chi connectivity index (χ3v) is 8.17. The molecule has 212 valence electrons. The van der Waals surface area contributed by atoms with E-state index in [4.69, 9.17) is 0 Å². The van der Waals surface area contributed by atoms with Crippen molar-refractivity contribution in [3.05, 3.63) is 90.2 Å². The van der Waals surface area contributed by atoms with Crippen LogP contribution in [0.25, 0.3) is 0 Å². The molecule has 1 heterocycles. The van der Waals surface area contributed by atoms with Gasteiger partial charge in [0.25, 0.3) is 0 Å². The number of carbonyl (C=O) groups excluding carboxylic acids is 2. The first kappa shape index (κ1) is 29.2. The maximum absolute atomic E-state index is 13.0. The summed E-state index contributed by atoms with van der Waals surface area (Å²) in [5, 5.41) is 13.4. The molecule has 1 fully saturated rings. The summed E-state index contributed by atoms with van der Waals surface area (Å²) in [6.45, 7) is 11.8. The van der Waals surface area contributed by atoms with Gasteiger partial charge in [-0.3, -0.25) is 9.59 Å². The van der Waals surface area contributed by atoms with Gasteiger partial charge < -0.3 is 20.2 Å². The highest BCUT2D eigenvalue weighted by Gasteiger charge is 2.20. The highest BCUT2D eigenvalue weighted by Crippen LogP contribution is 2.34. The van der Waals surface area contributed by atoms with E-state index in [1.807, 2.05) is 42.5 Å². The molecule has 1 aliphatic carbocycles. The molecule has 4 rings (SSSR count). The molecular weight excluding hydrogens is 498 g/mol. The van der Waals surface area contributed by atoms with Gasteiger partial charge in [0.1, 0.15) is 5.75 Å². The van der Waals surface area contributed by atoms with Gasteiger partial charge in [-0.1, -0.05) is 44.2 Å². The van der Waals surface area contributed by atoms with E-state index in [1.165, 1.54) is 5.70 Å². The van der Waals surface area contributed by atoms with Crippen LogP contribution in [0.15, 0.2) is 79.0 Å². The molecule has 2 aromatic rings. The number of allylic oxidation sites excluding steroid dienone is 5. The molecule has 6 heteroatoms. The lowest BCUT2D eigenvalue weighted by Crippen LogP contribution is -2.45. The summed E-state index contributed by atoms with van der Waals surface area (Å²) in [4.78, 5) is 29.3. The highest BCUT2D eigenvalue weighted by molar-refractivity contribution is 5.94. The van der Waals surface area contributed by atoms with Gasteiger partial charge in [-0.15, -0.1) is 0 Å². The number of aromatic hydroxyl groups is 1. The first-order valence-corrected chi connectivity index (χ1v) is 14.6. The Balaban J connectivity index is 1.18. The Hall–Kier alpha value is -3.80. The number of carbonyl (C=O) groups is 2. The average molecular weight is 542 g/mol. The largest absolute Gasteiger partial charge is 0.508 e. The van der Waals surface area contributed by atoms with E-state index in [9.17, 15) is 14.7 Å². The molecule has 2 aliphatic rings. The fraction of sp³-hybridized carbons (Fsp3) is 0.412. The smallest absolute Gasteiger partial charge is 0.227 e. The lowest BCUT2D eigenvalue weighted by atomic mass is 9.91. The first-order chi connectivity index (χ1) is 19.4. The standard InChI is InChI=1S/C34H43N3O3/c1-4-27(34(40)35-30-16-19-33(39)32(24-30)29-12-6-5-7-13-29)11-9-8-10-25(2)36-20-22-37(23-21-36)31-17-14-28(15-18-31)26(3)38/h5-7,12,14-19,24,27,29,39H,2,4,8-11,13,20-23H2,1,3H3,(H,35,40)/t27-,29?/m0/s1. The van der Waals surface area contributed by atoms with E-state index in [0.717, 1.165) is 87.2 Å². The quantitative estimate of drug-likeness (QED) is 0.171. The van der Waals surface area contributed by atoms with E-state index in [-0.39, 0.29) is 29.3 Å². The molecule has 0 bridgehead atoms. The average Bonchev–Trinajstić information content (AvgIpc) is 2.98. The minimum Gasteiger partial charge on any atom is -0.508 e. The maximum Gasteiger partial charge on any atom is 0.227 e. The summed E-state index contributed by atoms with van der Waals surface area (Å²) in [5.74, 6) is 0.486. The van der Waals surface area contributed by atoms with Crippen LogP contribution in [0.3, 0.4) is 0 Å². The zero-order chi connectivity index (χ0) is 28.5. The summed E-state index contributed by atoms with van der Waals surface area (Å²) < 4.78 is 0. The second kappa shape index (κ2) is 14.0. The van der Waals surface area contributed by atoms with Crippen molar-refractivity contribution >= 4 is 23.1 Å². The van der Waals surface area contributed by atoms with Crippen LogP contribution in [0.5, 0.6) is 5.75 Å². The number of amides is 1. The molecule has 6 nitrogen and oxygen atoms in total. The molecule has 0 spiro atoms. The Morgan fingerprint density at radius 3 is 2.45 bits per heavy atom. The fourth-order valence-corrected chi connectivity index (χ4v) is 5.57. The van der Waals surface area contributed by atoms with Crippen molar-refractivity contribution < 1.29 is 14.7 Å². The Bertz CT molecular complexity index is 1240. The molecule has 1 amide bonds. The Labute approximate surface area is 239 Å². The molecule has 1 saturated heterocycles. The second-order valence-corrected chi connectivity index (χ2v) is 10.9. The SMILES string of the molecule is C=C(CCCC[C@H](CC)C(=O)Nc1ccc(O)c(C2C=CC=CC2)c1)N1CCN(c2ccc(C(C)=O)cc2)CC1. The highest BCUT2D eigenvalue weighted by atomic mass is 16.3. The summed E-state index contributed by atoms with van der Waals surface area (Å²) in [5.41, 5.74) is 4.66. The van der Waals surface area contributed by atoms with E-state index < -0.39 is 0 Å². The van der Waals surface area contributed by atoms with Gasteiger partial charge >= 0.3 is 0 Å². The number of Topliss-reactive ketones (excluding diaryl/α,β-unsaturated/α-hetero) is 1. The van der Waals surface area contributed by atoms with E-state index in [2.05, 4.69) is 40.8 Å². The number of hydrogen-bond donors (Lipinski definition) is 2. The molecule has 2 atom stereocenters. The van der Waals surface area contributed by atoms with Gasteiger partial charge in [0.05, 0.1) is 0 Å². The van der Waals surface area contributed by atoms with E-state index in [0.29, 0.717) is 0 Å². The van der Waals surface area contributed by atoms with Crippen LogP contribution in [-0.2, 0) is 4.79 Å². The van der Waals surface area contributed by atoms with Gasteiger partial charge in [-0.05, 0) is 81.5 Å². The fourth-order valence-electron chi connectivity index (χ4n) is 5.57. The van der Waals surface area contributed by atoms with Crippen molar-refractivity contribution in [3.8, 4) is 5.75 Å². The molecule has 1 unspecified atom stereocenters. The predicted molar refractivity (Wildman–Crippen MR) is 164 cm³/mol. The van der Waals surface area contributed by atoms with Crippen molar-refractivity contribution in [1.82, 2.24) is 4.90 Å². The summed E-state index contributed by atoms with van der Waals surface area (Å²) in [6, 6.07) is 13.2. The lowest BCUT2D eigenvalue weighted by molar-refractivity contribution is -0.120. The van der Waals surface area contributed by atoms with E-state index in [1.54, 1.807) is 19.1 Å². The van der Waals surface area contributed by atoms with Crippen LogP contribution in [0.1, 0.15) is 74.2 Å². The molecular formula is C34H43N3O3. The number of phenolic OH excluding ortho intramolecular Hbond substituents is 1. The normalized spacial score (nSPS) is 17.5. The number of nitrogens with zero attached hydrogens (tertiary/aromatic N) is 2. The van der Waals surface area contributed by atoms with Crippen LogP contribution < -0.4 is 10.2 Å². The number of phenols is 1. The van der Waals surface area contributed by atoms with Crippen LogP contribution in [0.2, 0.25) is 0 Å². The minimum absolute atomic E-state index is 0.0408. The third kappa shape index (κ3) is 7.65. The number of piperazine rings is 1. The predicted octanol–water partition coefficient (Wildman–Crippen LogP) is 7.06. The zero-order valence-corrected chi connectivity index (χ0v) is 23.9. The van der Waals surface area contributed by atoms with Crippen LogP contribution in [0, 0.1) is 5.92 Å². The van der Waals surface area contributed by atoms with E-state index >= 15 is 0 Å². The number of rotatable bonds is 12. The topological polar surface area (TPSA) is 72.9 Å². The Morgan fingerprint density at radius 2 is 1.80 bits per heavy atom. The summed E-state index contributed by atoms with van der Waals surface area (Å²) >= 11 is 0. The molecule has 0 aromatic heterocycles. The third-order valence-electron chi connectivity index (χ3n) is 8.17. The van der Waals surface area contributed by atoms with Crippen molar-refractivity contribution in [2.24, 2.45) is 5.92 Å². The maximum atomic E-state index is 13.0. The second-order valence-electron chi connectivity index (χ2n) is 10.9. The van der Waals surface area contributed by atoms with Gasteiger partial charge in [0.15, 0.2) is 5.78 Å². The van der Waals surface area contributed by atoms with Gasteiger partial charge in [0.2, 0.25) is 5.91 Å². The Kier molecular flexibility index (Phi) is 10.2. The lowest BCUT2D eigenvalue weighted by Gasteiger charge is -2.38. The van der Waals surface area contributed by atoms with Crippen molar-refractivity contribution in [2.75, 3.05) is 36.4 Å². The van der Waals surface area contributed by atoms with Gasteiger partial charge in [-0.2, -0.15) is 0 Å². The molecule has 2 aromatic carbocycles. The van der Waals surface area contributed by atoms with Gasteiger partial charge in [0, 0.05) is 66.2 Å². The monoisotopic (exact) mass is 541 g/mol. The van der Waals surface area contributed by atoms with Crippen LogP contribution in [0.4, 0.5) is 11.4 Å². The molecule has 0 radical (unpaired) electrons. The van der Waals surface area contributed by atoms with Crippen LogP contribution in [-0.4, -0.2) is 47.9 Å². The van der Waals surface area contributed by atoms with Crippen molar-refractivity contribution in [3.63, 3.8) is 0 Å². The first-order valence-electron chi connectivity index (χ1n) is 14.6. The number of anilines is 2. The minimum atomic E-state index is -0.0408. The number of ketones is 1. The van der Waals surface area contributed by atoms with Crippen molar-refractivity contribution in [1.29, 1.82) is 0 Å². The molecule has 0 saturated carbocycles. The number of hydrogen-bond acceptors (Lipinski definition) is 5. The molecule has 2 N–H and O–H groups in total.